The van der Waals surface area contributed by atoms with Gasteiger partial charge in [0.15, 0.2) is 5.82 Å². The fourth-order valence-electron chi connectivity index (χ4n) is 2.59. The number of H-pyrrole nitrogens is 1. The molecule has 2 aromatic rings. The number of nitrogens with one attached hydrogen (secondary N) is 2. The normalized spacial score (nSPS) is 16.9. The van der Waals surface area contributed by atoms with Crippen molar-refractivity contribution in [3.8, 4) is 0 Å². The van der Waals surface area contributed by atoms with Crippen LogP contribution in [0, 0.1) is 6.92 Å². The van der Waals surface area contributed by atoms with Gasteiger partial charge in [0.25, 0.3) is 0 Å². The van der Waals surface area contributed by atoms with Gasteiger partial charge in [-0.15, -0.1) is 0 Å². The van der Waals surface area contributed by atoms with Gasteiger partial charge >= 0.3 is 0 Å². The van der Waals surface area contributed by atoms with E-state index >= 15 is 0 Å². The summed E-state index contributed by atoms with van der Waals surface area (Å²) in [6.45, 7) is 3.53. The molecule has 118 valence electrons. The van der Waals surface area contributed by atoms with Crippen molar-refractivity contribution in [2.45, 2.75) is 30.7 Å². The number of anilines is 1. The number of pyridine rings is 1. The highest BCUT2D eigenvalue weighted by Gasteiger charge is 2.25. The topological polar surface area (TPSA) is 91.0 Å². The molecule has 0 spiro atoms. The lowest BCUT2D eigenvalue weighted by atomic mass is 10.1. The number of aryl methyl sites for hydroxylation is 1. The van der Waals surface area contributed by atoms with Crippen LogP contribution in [-0.2, 0) is 10.0 Å². The third-order valence-electron chi connectivity index (χ3n) is 3.78. The van der Waals surface area contributed by atoms with Crippen LogP contribution in [0.4, 0.5) is 5.82 Å². The number of hydrogen-bond acceptors (Lipinski definition) is 5. The largest absolute Gasteiger partial charge is 0.355 e. The highest BCUT2D eigenvalue weighted by molar-refractivity contribution is 7.89. The summed E-state index contributed by atoms with van der Waals surface area (Å²) in [5, 5.41) is 7.17. The molecule has 8 heteroatoms. The van der Waals surface area contributed by atoms with Gasteiger partial charge in [0.05, 0.1) is 0 Å². The highest BCUT2D eigenvalue weighted by Crippen LogP contribution is 2.19. The Morgan fingerprint density at radius 1 is 1.36 bits per heavy atom. The summed E-state index contributed by atoms with van der Waals surface area (Å²) in [4.78, 5) is 6.23. The standard InChI is InChI=1S/C14H19N5O2S/c1-11-9-14(17-16-11)19-7-4-12(5-8-19)18-22(20,21)13-3-2-6-15-10-13/h2-3,6,9-10,12,18H,4-5,7-8H2,1H3,(H,16,17). The molecule has 3 rings (SSSR count). The molecular formula is C14H19N5O2S. The predicted molar refractivity (Wildman–Crippen MR) is 83.1 cm³/mol. The molecular weight excluding hydrogens is 302 g/mol. The molecule has 0 unspecified atom stereocenters. The van der Waals surface area contributed by atoms with Gasteiger partial charge in [-0.3, -0.25) is 10.1 Å². The Kier molecular flexibility index (Phi) is 4.12. The Morgan fingerprint density at radius 2 is 2.14 bits per heavy atom. The molecule has 0 bridgehead atoms. The van der Waals surface area contributed by atoms with Crippen molar-refractivity contribution in [1.82, 2.24) is 19.9 Å². The van der Waals surface area contributed by atoms with E-state index in [9.17, 15) is 8.42 Å². The zero-order chi connectivity index (χ0) is 15.6. The molecule has 2 aromatic heterocycles. The Hall–Kier alpha value is -1.93. The molecule has 0 atom stereocenters. The SMILES string of the molecule is Cc1cc(N2CCC(NS(=O)(=O)c3cccnc3)CC2)n[nH]1. The van der Waals surface area contributed by atoms with Crippen LogP contribution < -0.4 is 9.62 Å². The summed E-state index contributed by atoms with van der Waals surface area (Å²) >= 11 is 0. The van der Waals surface area contributed by atoms with Crippen LogP contribution in [0.3, 0.4) is 0 Å². The minimum atomic E-state index is -3.49. The summed E-state index contributed by atoms with van der Waals surface area (Å²) in [5.41, 5.74) is 1.02. The van der Waals surface area contributed by atoms with E-state index in [2.05, 4.69) is 24.8 Å². The zero-order valence-corrected chi connectivity index (χ0v) is 13.2. The molecule has 1 saturated heterocycles. The first-order chi connectivity index (χ1) is 10.5. The number of sulfonamides is 1. The van der Waals surface area contributed by atoms with Gasteiger partial charge in [-0.2, -0.15) is 5.10 Å². The van der Waals surface area contributed by atoms with Gasteiger partial charge in [0.2, 0.25) is 10.0 Å². The molecule has 0 saturated carbocycles. The number of rotatable bonds is 4. The van der Waals surface area contributed by atoms with E-state index in [-0.39, 0.29) is 10.9 Å². The molecule has 1 fully saturated rings. The molecule has 0 aromatic carbocycles. The number of aromatic nitrogens is 3. The van der Waals surface area contributed by atoms with Crippen molar-refractivity contribution in [2.75, 3.05) is 18.0 Å². The van der Waals surface area contributed by atoms with Crippen LogP contribution in [0.1, 0.15) is 18.5 Å². The van der Waals surface area contributed by atoms with Crippen LogP contribution >= 0.6 is 0 Å². The third kappa shape index (κ3) is 3.28. The van der Waals surface area contributed by atoms with Gasteiger partial charge in [-0.1, -0.05) is 0 Å². The number of hydrogen-bond donors (Lipinski definition) is 2. The fourth-order valence-corrected chi connectivity index (χ4v) is 3.85. The zero-order valence-electron chi connectivity index (χ0n) is 12.4. The van der Waals surface area contributed by atoms with Crippen molar-refractivity contribution in [2.24, 2.45) is 0 Å². The fraction of sp³-hybridized carbons (Fsp3) is 0.429. The van der Waals surface area contributed by atoms with Crippen molar-refractivity contribution >= 4 is 15.8 Å². The van der Waals surface area contributed by atoms with E-state index < -0.39 is 10.0 Å². The molecule has 3 heterocycles. The molecule has 0 radical (unpaired) electrons. The van der Waals surface area contributed by atoms with Crippen molar-refractivity contribution in [3.05, 3.63) is 36.3 Å². The van der Waals surface area contributed by atoms with Crippen molar-refractivity contribution in [3.63, 3.8) is 0 Å². The average Bonchev–Trinajstić information content (AvgIpc) is 2.95. The lowest BCUT2D eigenvalue weighted by Crippen LogP contribution is -2.44. The van der Waals surface area contributed by atoms with Crippen LogP contribution in [0.5, 0.6) is 0 Å². The number of nitrogens with zero attached hydrogens (tertiary/aromatic N) is 3. The van der Waals surface area contributed by atoms with Crippen molar-refractivity contribution in [1.29, 1.82) is 0 Å². The first-order valence-electron chi connectivity index (χ1n) is 7.24. The second-order valence-corrected chi connectivity index (χ2v) is 7.19. The van der Waals surface area contributed by atoms with E-state index in [1.807, 2.05) is 13.0 Å². The number of aromatic amines is 1. The Morgan fingerprint density at radius 3 is 2.73 bits per heavy atom. The van der Waals surface area contributed by atoms with Gasteiger partial charge < -0.3 is 4.90 Å². The Labute approximate surface area is 129 Å². The van der Waals surface area contributed by atoms with Crippen LogP contribution in [0.2, 0.25) is 0 Å². The monoisotopic (exact) mass is 321 g/mol. The first-order valence-corrected chi connectivity index (χ1v) is 8.72. The molecule has 22 heavy (non-hydrogen) atoms. The van der Waals surface area contributed by atoms with Crippen LogP contribution in [-0.4, -0.2) is 42.7 Å². The Bertz CT molecular complexity index is 721. The van der Waals surface area contributed by atoms with Crippen LogP contribution in [0.15, 0.2) is 35.5 Å². The molecule has 0 aliphatic carbocycles. The van der Waals surface area contributed by atoms with Gasteiger partial charge in [-0.25, -0.2) is 13.1 Å². The number of piperidine rings is 1. The summed E-state index contributed by atoms with van der Waals surface area (Å²) in [6, 6.07) is 5.12. The molecule has 7 nitrogen and oxygen atoms in total. The summed E-state index contributed by atoms with van der Waals surface area (Å²) < 4.78 is 27.3. The van der Waals surface area contributed by atoms with E-state index in [4.69, 9.17) is 0 Å². The summed E-state index contributed by atoms with van der Waals surface area (Å²) in [5.74, 6) is 0.922. The molecule has 1 aliphatic rings. The van der Waals surface area contributed by atoms with Crippen LogP contribution in [0.25, 0.3) is 0 Å². The van der Waals surface area contributed by atoms with E-state index in [1.165, 1.54) is 6.20 Å². The minimum Gasteiger partial charge on any atom is -0.355 e. The lowest BCUT2D eigenvalue weighted by molar-refractivity contribution is 0.458. The van der Waals surface area contributed by atoms with Gasteiger partial charge in [-0.05, 0) is 31.9 Å². The Balaban J connectivity index is 1.60. The third-order valence-corrected chi connectivity index (χ3v) is 5.28. The predicted octanol–water partition coefficient (Wildman–Crippen LogP) is 1.06. The maximum Gasteiger partial charge on any atom is 0.242 e. The van der Waals surface area contributed by atoms with Crippen molar-refractivity contribution < 1.29 is 8.42 Å². The highest BCUT2D eigenvalue weighted by atomic mass is 32.2. The maximum absolute atomic E-state index is 12.3. The smallest absolute Gasteiger partial charge is 0.242 e. The van der Waals surface area contributed by atoms with E-state index in [1.54, 1.807) is 18.3 Å². The second kappa shape index (κ2) is 6.05. The second-order valence-electron chi connectivity index (χ2n) is 5.48. The van der Waals surface area contributed by atoms with Gasteiger partial charge in [0.1, 0.15) is 4.90 Å². The molecule has 1 aliphatic heterocycles. The first kappa shape index (κ1) is 15.0. The average molecular weight is 321 g/mol. The molecule has 2 N–H and O–H groups in total. The van der Waals surface area contributed by atoms with E-state index in [0.29, 0.717) is 0 Å². The lowest BCUT2D eigenvalue weighted by Gasteiger charge is -2.32. The summed E-state index contributed by atoms with van der Waals surface area (Å²) in [6.07, 6.45) is 4.43. The molecule has 0 amide bonds. The minimum absolute atomic E-state index is 0.0542. The quantitative estimate of drug-likeness (QED) is 0.879. The maximum atomic E-state index is 12.3. The van der Waals surface area contributed by atoms with E-state index in [0.717, 1.165) is 37.4 Å². The summed E-state index contributed by atoms with van der Waals surface area (Å²) in [7, 11) is -3.49. The van der Waals surface area contributed by atoms with Gasteiger partial charge in [0, 0.05) is 43.3 Å².